The molecule has 1 heterocycles. The van der Waals surface area contributed by atoms with E-state index in [4.69, 9.17) is 9.47 Å². The predicted molar refractivity (Wildman–Crippen MR) is 106 cm³/mol. The molecule has 4 nitrogen and oxygen atoms in total. The van der Waals surface area contributed by atoms with Crippen molar-refractivity contribution in [2.45, 2.75) is 44.6 Å². The summed E-state index contributed by atoms with van der Waals surface area (Å²) in [7, 11) is 0. The summed E-state index contributed by atoms with van der Waals surface area (Å²) in [6, 6.07) is 11.4. The zero-order chi connectivity index (χ0) is 21.4. The van der Waals surface area contributed by atoms with E-state index in [2.05, 4.69) is 21.2 Å². The lowest BCUT2D eigenvalue weighted by atomic mass is 9.88. The lowest BCUT2D eigenvalue weighted by Gasteiger charge is -2.30. The fourth-order valence-corrected chi connectivity index (χ4v) is 3.94. The molecule has 0 unspecified atom stereocenters. The molecule has 0 saturated heterocycles. The van der Waals surface area contributed by atoms with E-state index >= 15 is 0 Å². The molecule has 0 fully saturated rings. The van der Waals surface area contributed by atoms with Gasteiger partial charge in [0.1, 0.15) is 11.4 Å². The van der Waals surface area contributed by atoms with Crippen LogP contribution in [0, 0.1) is 0 Å². The van der Waals surface area contributed by atoms with Gasteiger partial charge in [0.15, 0.2) is 5.60 Å². The Hall–Kier alpha value is -2.22. The van der Waals surface area contributed by atoms with Gasteiger partial charge in [0.05, 0.1) is 12.1 Å². The van der Waals surface area contributed by atoms with Crippen LogP contribution in [-0.4, -0.2) is 18.2 Å². The third-order valence-corrected chi connectivity index (χ3v) is 5.40. The van der Waals surface area contributed by atoms with E-state index < -0.39 is 29.0 Å². The summed E-state index contributed by atoms with van der Waals surface area (Å²) >= 11 is 3.10. The summed E-state index contributed by atoms with van der Waals surface area (Å²) < 4.78 is 51.3. The first kappa shape index (κ1) is 21.5. The number of alkyl carbamates (subject to hydrolysis) is 1. The zero-order valence-corrected chi connectivity index (χ0v) is 17.8. The summed E-state index contributed by atoms with van der Waals surface area (Å²) in [5.41, 5.74) is -1.33. The van der Waals surface area contributed by atoms with Gasteiger partial charge < -0.3 is 14.8 Å². The number of carbonyl (C=O) groups excluding carboxylic acids is 1. The molecule has 0 radical (unpaired) electrons. The minimum atomic E-state index is -4.49. The molecule has 2 aromatic rings. The molecule has 1 N–H and O–H groups in total. The fraction of sp³-hybridized carbons (Fsp3) is 0.381. The maximum Gasteiger partial charge on any atom is 0.417 e. The maximum absolute atomic E-state index is 13.3. The van der Waals surface area contributed by atoms with Crippen molar-refractivity contribution in [3.8, 4) is 5.75 Å². The van der Waals surface area contributed by atoms with Gasteiger partial charge in [0.25, 0.3) is 0 Å². The molecule has 1 amide bonds. The van der Waals surface area contributed by atoms with Gasteiger partial charge in [-0.1, -0.05) is 30.3 Å². The van der Waals surface area contributed by atoms with E-state index in [1.807, 2.05) is 30.3 Å². The third-order valence-electron chi connectivity index (χ3n) is 4.49. The van der Waals surface area contributed by atoms with E-state index in [0.717, 1.165) is 11.6 Å². The van der Waals surface area contributed by atoms with Crippen molar-refractivity contribution < 1.29 is 27.4 Å². The van der Waals surface area contributed by atoms with Crippen LogP contribution in [0.3, 0.4) is 0 Å². The maximum atomic E-state index is 13.3. The predicted octanol–water partition coefficient (Wildman–Crippen LogP) is 5.82. The Morgan fingerprint density at radius 1 is 1.17 bits per heavy atom. The number of nitrogens with one attached hydrogen (secondary N) is 1. The van der Waals surface area contributed by atoms with Crippen LogP contribution in [0.15, 0.2) is 46.9 Å². The number of alkyl halides is 3. The molecule has 0 aromatic heterocycles. The lowest BCUT2D eigenvalue weighted by Crippen LogP contribution is -2.45. The monoisotopic (exact) mass is 471 g/mol. The van der Waals surface area contributed by atoms with Crippen molar-refractivity contribution in [3.05, 3.63) is 63.6 Å². The van der Waals surface area contributed by atoms with E-state index in [-0.39, 0.29) is 17.4 Å². The highest BCUT2D eigenvalue weighted by Crippen LogP contribution is 2.48. The van der Waals surface area contributed by atoms with Crippen LogP contribution in [0.25, 0.3) is 0 Å². The van der Waals surface area contributed by atoms with Gasteiger partial charge in [0.2, 0.25) is 0 Å². The molecule has 8 heteroatoms. The molecule has 1 aliphatic rings. The van der Waals surface area contributed by atoms with Gasteiger partial charge >= 0.3 is 12.3 Å². The summed E-state index contributed by atoms with van der Waals surface area (Å²) in [5, 5.41) is 2.70. The largest absolute Gasteiger partial charge is 0.480 e. The van der Waals surface area contributed by atoms with Crippen LogP contribution in [0.4, 0.5) is 18.0 Å². The van der Waals surface area contributed by atoms with Crippen molar-refractivity contribution in [3.63, 3.8) is 0 Å². The molecule has 156 valence electrons. The van der Waals surface area contributed by atoms with E-state index in [0.29, 0.717) is 11.3 Å². The molecule has 1 atom stereocenters. The molecule has 0 aliphatic carbocycles. The fourth-order valence-electron chi connectivity index (χ4n) is 3.25. The Morgan fingerprint density at radius 2 is 1.83 bits per heavy atom. The molecule has 1 aliphatic heterocycles. The Kier molecular flexibility index (Phi) is 5.60. The smallest absolute Gasteiger partial charge is 0.417 e. The average Bonchev–Trinajstić information content (AvgIpc) is 3.00. The third kappa shape index (κ3) is 4.69. The average molecular weight is 472 g/mol. The molecule has 0 saturated carbocycles. The van der Waals surface area contributed by atoms with Crippen LogP contribution in [-0.2, 0) is 22.9 Å². The van der Waals surface area contributed by atoms with E-state index in [1.165, 1.54) is 6.07 Å². The highest BCUT2D eigenvalue weighted by molar-refractivity contribution is 9.10. The van der Waals surface area contributed by atoms with Crippen LogP contribution in [0.2, 0.25) is 0 Å². The zero-order valence-electron chi connectivity index (χ0n) is 16.2. The van der Waals surface area contributed by atoms with E-state index in [9.17, 15) is 18.0 Å². The normalized spacial score (nSPS) is 18.7. The number of amides is 1. The first-order valence-electron chi connectivity index (χ1n) is 9.01. The molecular weight excluding hydrogens is 451 g/mol. The van der Waals surface area contributed by atoms with Crippen molar-refractivity contribution >= 4 is 22.0 Å². The number of rotatable bonds is 3. The first-order valence-corrected chi connectivity index (χ1v) is 9.81. The summed E-state index contributed by atoms with van der Waals surface area (Å²) in [4.78, 5) is 12.2. The van der Waals surface area contributed by atoms with Crippen LogP contribution >= 0.6 is 15.9 Å². The summed E-state index contributed by atoms with van der Waals surface area (Å²) in [5.74, 6) is 0.347. The number of hydrogen-bond donors (Lipinski definition) is 1. The van der Waals surface area contributed by atoms with Crippen LogP contribution in [0.5, 0.6) is 5.75 Å². The highest BCUT2D eigenvalue weighted by atomic mass is 79.9. The summed E-state index contributed by atoms with van der Waals surface area (Å²) in [6.07, 6.45) is -4.95. The Labute approximate surface area is 175 Å². The van der Waals surface area contributed by atoms with Crippen molar-refractivity contribution in [1.29, 1.82) is 0 Å². The topological polar surface area (TPSA) is 47.6 Å². The first-order chi connectivity index (χ1) is 13.4. The molecule has 29 heavy (non-hydrogen) atoms. The molecule has 0 bridgehead atoms. The Morgan fingerprint density at radius 3 is 2.41 bits per heavy atom. The Balaban J connectivity index is 1.94. The van der Waals surface area contributed by atoms with Gasteiger partial charge in [-0.3, -0.25) is 0 Å². The van der Waals surface area contributed by atoms with Gasteiger partial charge in [-0.2, -0.15) is 13.2 Å². The number of ether oxygens (including phenoxy) is 2. The molecule has 2 aromatic carbocycles. The van der Waals surface area contributed by atoms with Gasteiger partial charge in [-0.05, 0) is 54.4 Å². The van der Waals surface area contributed by atoms with Gasteiger partial charge in [0, 0.05) is 16.5 Å². The van der Waals surface area contributed by atoms with Crippen molar-refractivity contribution in [2.75, 3.05) is 6.54 Å². The minimum Gasteiger partial charge on any atom is -0.480 e. The highest BCUT2D eigenvalue weighted by Gasteiger charge is 2.45. The second kappa shape index (κ2) is 7.55. The quantitative estimate of drug-likeness (QED) is 0.612. The number of halogens is 4. The number of carbonyl (C=O) groups is 1. The van der Waals surface area contributed by atoms with E-state index in [1.54, 1.807) is 20.8 Å². The Bertz CT molecular complexity index is 910. The molecular formula is C21H21BrF3NO3. The number of hydrogen-bond acceptors (Lipinski definition) is 3. The lowest BCUT2D eigenvalue weighted by molar-refractivity contribution is -0.138. The summed E-state index contributed by atoms with van der Waals surface area (Å²) in [6.45, 7) is 5.28. The van der Waals surface area contributed by atoms with Crippen LogP contribution in [0.1, 0.15) is 37.5 Å². The minimum absolute atomic E-state index is 0.0361. The second-order valence-corrected chi connectivity index (χ2v) is 8.69. The number of fused-ring (bicyclic) bond motifs is 1. The van der Waals surface area contributed by atoms with Crippen molar-refractivity contribution in [2.24, 2.45) is 0 Å². The van der Waals surface area contributed by atoms with Crippen LogP contribution < -0.4 is 10.1 Å². The standard InChI is InChI=1S/C21H21BrF3NO3/c1-19(2,3)29-18(27)26-12-20(13-7-5-4-6-8-13)11-14-16(28-20)10-9-15(17(14)22)21(23,24)25/h4-10H,11-12H2,1-3H3,(H,26,27)/t20-/m1/s1. The van der Waals surface area contributed by atoms with Crippen molar-refractivity contribution in [1.82, 2.24) is 5.32 Å². The van der Waals surface area contributed by atoms with Gasteiger partial charge in [-0.15, -0.1) is 0 Å². The molecule has 0 spiro atoms. The second-order valence-electron chi connectivity index (χ2n) is 7.90. The van der Waals surface area contributed by atoms with Gasteiger partial charge in [-0.25, -0.2) is 4.79 Å². The molecule has 3 rings (SSSR count). The number of benzene rings is 2. The SMILES string of the molecule is CC(C)(C)OC(=O)NC[C@@]1(c2ccccc2)Cc2c(ccc(C(F)(F)F)c2Br)O1.